The van der Waals surface area contributed by atoms with Crippen LogP contribution in [0, 0.1) is 5.92 Å². The lowest BCUT2D eigenvalue weighted by Gasteiger charge is -2.32. The van der Waals surface area contributed by atoms with Gasteiger partial charge < -0.3 is 26.0 Å². The molecule has 0 atom stereocenters. The maximum Gasteiger partial charge on any atom is 0.255 e. The highest BCUT2D eigenvalue weighted by Gasteiger charge is 2.21. The van der Waals surface area contributed by atoms with Gasteiger partial charge in [-0.15, -0.1) is 0 Å². The molecule has 3 rings (SSSR count). The van der Waals surface area contributed by atoms with Crippen molar-refractivity contribution in [3.05, 3.63) is 58.6 Å². The van der Waals surface area contributed by atoms with Crippen molar-refractivity contribution in [2.75, 3.05) is 45.6 Å². The molecule has 1 aliphatic heterocycles. The summed E-state index contributed by atoms with van der Waals surface area (Å²) < 4.78 is 5.26. The number of halogens is 1. The van der Waals surface area contributed by atoms with Gasteiger partial charge in [0.1, 0.15) is 5.75 Å². The first-order valence-corrected chi connectivity index (χ1v) is 11.3. The maximum atomic E-state index is 12.6. The Kier molecular flexibility index (Phi) is 8.76. The molecule has 1 saturated heterocycles. The van der Waals surface area contributed by atoms with Gasteiger partial charge in [0, 0.05) is 24.7 Å². The Morgan fingerprint density at radius 3 is 2.53 bits per heavy atom. The van der Waals surface area contributed by atoms with E-state index in [4.69, 9.17) is 22.1 Å². The molecule has 172 valence electrons. The van der Waals surface area contributed by atoms with Crippen molar-refractivity contribution >= 4 is 29.1 Å². The van der Waals surface area contributed by atoms with Crippen LogP contribution in [0.25, 0.3) is 0 Å². The lowest BCUT2D eigenvalue weighted by atomic mass is 9.96. The Labute approximate surface area is 194 Å². The number of hydrogen-bond acceptors (Lipinski definition) is 5. The van der Waals surface area contributed by atoms with E-state index in [-0.39, 0.29) is 11.8 Å². The van der Waals surface area contributed by atoms with Crippen molar-refractivity contribution in [1.82, 2.24) is 15.5 Å². The van der Waals surface area contributed by atoms with Crippen LogP contribution in [0.3, 0.4) is 0 Å². The van der Waals surface area contributed by atoms with Crippen LogP contribution >= 0.6 is 11.6 Å². The summed E-state index contributed by atoms with van der Waals surface area (Å²) in [5, 5.41) is 6.31. The van der Waals surface area contributed by atoms with E-state index in [1.807, 2.05) is 30.3 Å². The summed E-state index contributed by atoms with van der Waals surface area (Å²) in [6.45, 7) is 4.21. The van der Waals surface area contributed by atoms with E-state index in [2.05, 4.69) is 15.5 Å². The number of ether oxygens (including phenoxy) is 1. The van der Waals surface area contributed by atoms with Gasteiger partial charge in [0.2, 0.25) is 0 Å². The molecule has 0 aromatic heterocycles. The number of piperidine rings is 1. The van der Waals surface area contributed by atoms with E-state index in [1.54, 1.807) is 12.1 Å². The SMILES string of the molecule is COc1cc(N)c(Cl)cc1C(=O)NCC1CCN(CCCNC(=O)c2ccccc2)CC1. The van der Waals surface area contributed by atoms with Crippen molar-refractivity contribution in [1.29, 1.82) is 0 Å². The third kappa shape index (κ3) is 6.61. The summed E-state index contributed by atoms with van der Waals surface area (Å²) in [4.78, 5) is 27.1. The van der Waals surface area contributed by atoms with Gasteiger partial charge in [0.05, 0.1) is 23.4 Å². The van der Waals surface area contributed by atoms with Crippen molar-refractivity contribution in [2.45, 2.75) is 19.3 Å². The minimum Gasteiger partial charge on any atom is -0.496 e. The number of carbonyl (C=O) groups is 2. The Morgan fingerprint density at radius 2 is 1.84 bits per heavy atom. The monoisotopic (exact) mass is 458 g/mol. The van der Waals surface area contributed by atoms with Gasteiger partial charge in [0.15, 0.2) is 0 Å². The summed E-state index contributed by atoms with van der Waals surface area (Å²) in [5.74, 6) is 0.612. The first-order chi connectivity index (χ1) is 15.5. The van der Waals surface area contributed by atoms with Crippen LogP contribution in [0.1, 0.15) is 40.0 Å². The fourth-order valence-electron chi connectivity index (χ4n) is 3.86. The predicted molar refractivity (Wildman–Crippen MR) is 127 cm³/mol. The highest BCUT2D eigenvalue weighted by atomic mass is 35.5. The van der Waals surface area contributed by atoms with Gasteiger partial charge in [-0.2, -0.15) is 0 Å². The number of anilines is 1. The Morgan fingerprint density at radius 1 is 1.12 bits per heavy atom. The Hall–Kier alpha value is -2.77. The van der Waals surface area contributed by atoms with Gasteiger partial charge >= 0.3 is 0 Å². The lowest BCUT2D eigenvalue weighted by molar-refractivity contribution is 0.0925. The van der Waals surface area contributed by atoms with Crippen LogP contribution in [-0.4, -0.2) is 56.5 Å². The number of nitrogens with two attached hydrogens (primary N) is 1. The number of likely N-dealkylation sites (tertiary alicyclic amines) is 1. The molecule has 1 aliphatic rings. The van der Waals surface area contributed by atoms with Gasteiger partial charge in [-0.05, 0) is 63.0 Å². The number of amides is 2. The normalized spacial score (nSPS) is 14.7. The first-order valence-electron chi connectivity index (χ1n) is 10.9. The average molecular weight is 459 g/mol. The second-order valence-electron chi connectivity index (χ2n) is 8.04. The molecule has 0 aliphatic carbocycles. The molecular weight excluding hydrogens is 428 g/mol. The summed E-state index contributed by atoms with van der Waals surface area (Å²) >= 11 is 6.06. The summed E-state index contributed by atoms with van der Waals surface area (Å²) in [6.07, 6.45) is 2.96. The minimum atomic E-state index is -0.208. The minimum absolute atomic E-state index is 0.0286. The van der Waals surface area contributed by atoms with Crippen LogP contribution in [0.15, 0.2) is 42.5 Å². The Balaban J connectivity index is 1.34. The smallest absolute Gasteiger partial charge is 0.255 e. The number of nitrogens with one attached hydrogen (secondary N) is 2. The molecule has 2 amide bonds. The van der Waals surface area contributed by atoms with Gasteiger partial charge in [-0.1, -0.05) is 29.8 Å². The van der Waals surface area contributed by atoms with Crippen LogP contribution in [0.4, 0.5) is 5.69 Å². The molecule has 0 saturated carbocycles. The third-order valence-electron chi connectivity index (χ3n) is 5.79. The molecule has 2 aromatic carbocycles. The number of nitrogen functional groups attached to an aromatic ring is 1. The van der Waals surface area contributed by atoms with Crippen molar-refractivity contribution in [2.24, 2.45) is 5.92 Å². The zero-order chi connectivity index (χ0) is 22.9. The molecule has 0 spiro atoms. The molecule has 32 heavy (non-hydrogen) atoms. The topological polar surface area (TPSA) is 96.7 Å². The van der Waals surface area contributed by atoms with E-state index < -0.39 is 0 Å². The van der Waals surface area contributed by atoms with E-state index >= 15 is 0 Å². The summed E-state index contributed by atoms with van der Waals surface area (Å²) in [7, 11) is 1.50. The molecule has 0 radical (unpaired) electrons. The molecule has 1 fully saturated rings. The quantitative estimate of drug-likeness (QED) is 0.396. The third-order valence-corrected chi connectivity index (χ3v) is 6.12. The highest BCUT2D eigenvalue weighted by Crippen LogP contribution is 2.29. The zero-order valence-electron chi connectivity index (χ0n) is 18.4. The second kappa shape index (κ2) is 11.7. The number of benzene rings is 2. The Bertz CT molecular complexity index is 915. The van der Waals surface area contributed by atoms with Crippen LogP contribution in [-0.2, 0) is 0 Å². The van der Waals surface area contributed by atoms with Crippen molar-refractivity contribution < 1.29 is 14.3 Å². The van der Waals surface area contributed by atoms with Gasteiger partial charge in [-0.3, -0.25) is 9.59 Å². The zero-order valence-corrected chi connectivity index (χ0v) is 19.2. The van der Waals surface area contributed by atoms with Crippen molar-refractivity contribution in [3.8, 4) is 5.75 Å². The van der Waals surface area contributed by atoms with Crippen LogP contribution in [0.2, 0.25) is 5.02 Å². The first kappa shape index (κ1) is 23.9. The molecule has 8 heteroatoms. The molecule has 0 unspecified atom stereocenters. The van der Waals surface area contributed by atoms with E-state index in [9.17, 15) is 9.59 Å². The predicted octanol–water partition coefficient (Wildman–Crippen LogP) is 3.19. The summed E-state index contributed by atoms with van der Waals surface area (Å²) in [5.41, 5.74) is 7.25. The molecule has 2 aromatic rings. The lowest BCUT2D eigenvalue weighted by Crippen LogP contribution is -2.39. The van der Waals surface area contributed by atoms with E-state index in [0.29, 0.717) is 46.6 Å². The highest BCUT2D eigenvalue weighted by molar-refractivity contribution is 6.33. The largest absolute Gasteiger partial charge is 0.496 e. The van der Waals surface area contributed by atoms with E-state index in [1.165, 1.54) is 7.11 Å². The van der Waals surface area contributed by atoms with Gasteiger partial charge in [0.25, 0.3) is 11.8 Å². The van der Waals surface area contributed by atoms with Crippen LogP contribution < -0.4 is 21.1 Å². The fraction of sp³-hybridized carbons (Fsp3) is 0.417. The average Bonchev–Trinajstić information content (AvgIpc) is 2.82. The van der Waals surface area contributed by atoms with E-state index in [0.717, 1.165) is 38.9 Å². The number of hydrogen-bond donors (Lipinski definition) is 3. The molecule has 0 bridgehead atoms. The summed E-state index contributed by atoms with van der Waals surface area (Å²) in [6, 6.07) is 12.4. The second-order valence-corrected chi connectivity index (χ2v) is 8.45. The van der Waals surface area contributed by atoms with Crippen LogP contribution in [0.5, 0.6) is 5.75 Å². The number of carbonyl (C=O) groups excluding carboxylic acids is 2. The number of nitrogens with zero attached hydrogens (tertiary/aromatic N) is 1. The van der Waals surface area contributed by atoms with Gasteiger partial charge in [-0.25, -0.2) is 0 Å². The molecule has 4 N–H and O–H groups in total. The number of rotatable bonds is 9. The molecule has 7 nitrogen and oxygen atoms in total. The maximum absolute atomic E-state index is 12.6. The van der Waals surface area contributed by atoms with Crippen molar-refractivity contribution in [3.63, 3.8) is 0 Å². The fourth-order valence-corrected chi connectivity index (χ4v) is 4.02. The standard InChI is InChI=1S/C24H31ClN4O3/c1-32-22-15-21(26)20(25)14-19(22)24(31)28-16-17-8-12-29(13-9-17)11-5-10-27-23(30)18-6-3-2-4-7-18/h2-4,6-7,14-15,17H,5,8-13,16,26H2,1H3,(H,27,30)(H,28,31). The molecular formula is C24H31ClN4O3. The number of methoxy groups -OCH3 is 1. The molecule has 1 heterocycles.